The summed E-state index contributed by atoms with van der Waals surface area (Å²) >= 11 is 1.31. The number of amides is 1. The molecule has 1 amide bonds. The summed E-state index contributed by atoms with van der Waals surface area (Å²) in [5.74, 6) is 1.62. The number of thioether (sulfide) groups is 1. The zero-order valence-electron chi connectivity index (χ0n) is 16.6. The third-order valence-electron chi connectivity index (χ3n) is 5.33. The first kappa shape index (κ1) is 19.7. The van der Waals surface area contributed by atoms with E-state index in [1.807, 2.05) is 36.1 Å². The molecule has 1 saturated heterocycles. The van der Waals surface area contributed by atoms with Crippen LogP contribution in [0, 0.1) is 12.8 Å². The highest BCUT2D eigenvalue weighted by molar-refractivity contribution is 7.99. The van der Waals surface area contributed by atoms with Gasteiger partial charge in [-0.15, -0.1) is 10.2 Å². The van der Waals surface area contributed by atoms with Gasteiger partial charge < -0.3 is 9.32 Å². The summed E-state index contributed by atoms with van der Waals surface area (Å²) in [7, 11) is 0. The van der Waals surface area contributed by atoms with Crippen molar-refractivity contribution >= 4 is 17.7 Å². The molecule has 0 unspecified atom stereocenters. The highest BCUT2D eigenvalue weighted by Gasteiger charge is 2.23. The van der Waals surface area contributed by atoms with Crippen molar-refractivity contribution in [2.45, 2.75) is 31.4 Å². The lowest BCUT2D eigenvalue weighted by molar-refractivity contribution is -0.129. The fourth-order valence-corrected chi connectivity index (χ4v) is 4.38. The van der Waals surface area contributed by atoms with Gasteiger partial charge in [-0.1, -0.05) is 59.8 Å². The predicted molar refractivity (Wildman–Crippen MR) is 115 cm³/mol. The van der Waals surface area contributed by atoms with Crippen molar-refractivity contribution in [2.24, 2.45) is 5.92 Å². The topological polar surface area (TPSA) is 59.2 Å². The number of hydrogen-bond acceptors (Lipinski definition) is 5. The fraction of sp³-hybridized carbons (Fsp3) is 0.348. The molecular formula is C23H25N3O2S. The number of nitrogens with zero attached hydrogens (tertiary/aromatic N) is 3. The van der Waals surface area contributed by atoms with Crippen LogP contribution in [0.2, 0.25) is 0 Å². The number of piperidine rings is 1. The quantitative estimate of drug-likeness (QED) is 0.558. The molecule has 4 rings (SSSR count). The second-order valence-electron chi connectivity index (χ2n) is 7.55. The van der Waals surface area contributed by atoms with Gasteiger partial charge in [-0.3, -0.25) is 4.79 Å². The maximum Gasteiger partial charge on any atom is 0.277 e. The highest BCUT2D eigenvalue weighted by Crippen LogP contribution is 2.25. The molecule has 0 atom stereocenters. The number of rotatable bonds is 6. The van der Waals surface area contributed by atoms with Crippen LogP contribution < -0.4 is 0 Å². The zero-order chi connectivity index (χ0) is 20.1. The summed E-state index contributed by atoms with van der Waals surface area (Å²) in [6.45, 7) is 3.68. The molecule has 5 nitrogen and oxygen atoms in total. The van der Waals surface area contributed by atoms with Crippen molar-refractivity contribution in [1.82, 2.24) is 15.1 Å². The van der Waals surface area contributed by atoms with Gasteiger partial charge >= 0.3 is 0 Å². The molecule has 3 aromatic rings. The van der Waals surface area contributed by atoms with Crippen LogP contribution in [0.25, 0.3) is 11.5 Å². The Hall–Kier alpha value is -2.60. The van der Waals surface area contributed by atoms with Crippen molar-refractivity contribution in [3.05, 3.63) is 65.7 Å². The lowest BCUT2D eigenvalue weighted by Crippen LogP contribution is -2.39. The Kier molecular flexibility index (Phi) is 6.30. The second kappa shape index (κ2) is 9.27. The van der Waals surface area contributed by atoms with E-state index in [1.54, 1.807) is 0 Å². The smallest absolute Gasteiger partial charge is 0.277 e. The number of aromatic nitrogens is 2. The van der Waals surface area contributed by atoms with Crippen LogP contribution in [0.5, 0.6) is 0 Å². The van der Waals surface area contributed by atoms with E-state index in [2.05, 4.69) is 40.5 Å². The third-order valence-corrected chi connectivity index (χ3v) is 6.13. The molecule has 1 fully saturated rings. The van der Waals surface area contributed by atoms with E-state index >= 15 is 0 Å². The number of benzene rings is 2. The van der Waals surface area contributed by atoms with Gasteiger partial charge in [0.05, 0.1) is 5.75 Å². The van der Waals surface area contributed by atoms with Crippen molar-refractivity contribution in [3.63, 3.8) is 0 Å². The number of carbonyl (C=O) groups excluding carboxylic acids is 1. The molecule has 0 saturated carbocycles. The Balaban J connectivity index is 1.24. The standard InChI is InChI=1S/C23H25N3O2S/c1-17-6-5-9-20(14-17)22-24-25-23(28-22)29-16-21(27)26-12-10-19(11-13-26)15-18-7-3-2-4-8-18/h2-9,14,19H,10-13,15-16H2,1H3. The van der Waals surface area contributed by atoms with Gasteiger partial charge in [0, 0.05) is 18.7 Å². The normalized spacial score (nSPS) is 14.9. The summed E-state index contributed by atoms with van der Waals surface area (Å²) < 4.78 is 5.72. The van der Waals surface area contributed by atoms with Crippen LogP contribution in [-0.4, -0.2) is 39.8 Å². The van der Waals surface area contributed by atoms with E-state index < -0.39 is 0 Å². The first-order valence-corrected chi connectivity index (χ1v) is 11.0. The van der Waals surface area contributed by atoms with Crippen LogP contribution in [-0.2, 0) is 11.2 Å². The minimum atomic E-state index is 0.142. The largest absolute Gasteiger partial charge is 0.411 e. The summed E-state index contributed by atoms with van der Waals surface area (Å²) in [4.78, 5) is 14.5. The summed E-state index contributed by atoms with van der Waals surface area (Å²) in [6, 6.07) is 18.5. The van der Waals surface area contributed by atoms with Gasteiger partial charge in [-0.05, 0) is 49.8 Å². The second-order valence-corrected chi connectivity index (χ2v) is 8.47. The van der Waals surface area contributed by atoms with Crippen molar-refractivity contribution in [2.75, 3.05) is 18.8 Å². The lowest BCUT2D eigenvalue weighted by atomic mass is 9.90. The predicted octanol–water partition coefficient (Wildman–Crippen LogP) is 4.62. The third kappa shape index (κ3) is 5.26. The Morgan fingerprint density at radius 3 is 2.66 bits per heavy atom. The fourth-order valence-electron chi connectivity index (χ4n) is 3.71. The lowest BCUT2D eigenvalue weighted by Gasteiger charge is -2.32. The first-order valence-electron chi connectivity index (χ1n) is 10.0. The maximum atomic E-state index is 12.6. The average Bonchev–Trinajstić information content (AvgIpc) is 3.22. The van der Waals surface area contributed by atoms with Gasteiger partial charge in [0.2, 0.25) is 11.8 Å². The van der Waals surface area contributed by atoms with Gasteiger partial charge in [-0.25, -0.2) is 0 Å². The van der Waals surface area contributed by atoms with Crippen LogP contribution in [0.4, 0.5) is 0 Å². The molecule has 1 aromatic heterocycles. The molecule has 0 bridgehead atoms. The minimum Gasteiger partial charge on any atom is -0.411 e. The monoisotopic (exact) mass is 407 g/mol. The van der Waals surface area contributed by atoms with Crippen molar-refractivity contribution < 1.29 is 9.21 Å². The highest BCUT2D eigenvalue weighted by atomic mass is 32.2. The first-order chi connectivity index (χ1) is 14.2. The van der Waals surface area contributed by atoms with Gasteiger partial charge in [-0.2, -0.15) is 0 Å². The molecule has 0 radical (unpaired) electrons. The average molecular weight is 408 g/mol. The van der Waals surface area contributed by atoms with Gasteiger partial charge in [0.15, 0.2) is 0 Å². The SMILES string of the molecule is Cc1cccc(-c2nnc(SCC(=O)N3CCC(Cc4ccccc4)CC3)o2)c1. The van der Waals surface area contributed by atoms with Crippen LogP contribution in [0.15, 0.2) is 64.2 Å². The molecule has 1 aliphatic rings. The number of carbonyl (C=O) groups is 1. The molecule has 0 spiro atoms. The number of likely N-dealkylation sites (tertiary alicyclic amines) is 1. The summed E-state index contributed by atoms with van der Waals surface area (Å²) in [6.07, 6.45) is 3.22. The number of aryl methyl sites for hydroxylation is 1. The van der Waals surface area contributed by atoms with Gasteiger partial charge in [0.25, 0.3) is 5.22 Å². The van der Waals surface area contributed by atoms with E-state index in [9.17, 15) is 4.79 Å². The van der Waals surface area contributed by atoms with Crippen LogP contribution in [0.3, 0.4) is 0 Å². The molecule has 1 aliphatic heterocycles. The molecule has 6 heteroatoms. The summed E-state index contributed by atoms with van der Waals surface area (Å²) in [5.41, 5.74) is 3.42. The Bertz CT molecular complexity index is 950. The van der Waals surface area contributed by atoms with E-state index in [1.165, 1.54) is 17.3 Å². The van der Waals surface area contributed by atoms with Crippen LogP contribution >= 0.6 is 11.8 Å². The molecule has 29 heavy (non-hydrogen) atoms. The van der Waals surface area contributed by atoms with Crippen molar-refractivity contribution in [3.8, 4) is 11.5 Å². The molecular weight excluding hydrogens is 382 g/mol. The molecule has 2 heterocycles. The maximum absolute atomic E-state index is 12.6. The Labute approximate surface area is 175 Å². The Morgan fingerprint density at radius 2 is 1.90 bits per heavy atom. The van der Waals surface area contributed by atoms with Crippen LogP contribution in [0.1, 0.15) is 24.0 Å². The molecule has 150 valence electrons. The molecule has 2 aromatic carbocycles. The summed E-state index contributed by atoms with van der Waals surface area (Å²) in [5, 5.41) is 8.62. The van der Waals surface area contributed by atoms with E-state index in [0.717, 1.165) is 43.5 Å². The van der Waals surface area contributed by atoms with Crippen molar-refractivity contribution in [1.29, 1.82) is 0 Å². The molecule has 0 aliphatic carbocycles. The Morgan fingerprint density at radius 1 is 1.10 bits per heavy atom. The number of hydrogen-bond donors (Lipinski definition) is 0. The minimum absolute atomic E-state index is 0.142. The van der Waals surface area contributed by atoms with E-state index in [4.69, 9.17) is 4.42 Å². The van der Waals surface area contributed by atoms with E-state index in [-0.39, 0.29) is 5.91 Å². The molecule has 0 N–H and O–H groups in total. The van der Waals surface area contributed by atoms with E-state index in [0.29, 0.717) is 22.8 Å². The van der Waals surface area contributed by atoms with Gasteiger partial charge in [0.1, 0.15) is 0 Å². The zero-order valence-corrected chi connectivity index (χ0v) is 17.4.